The number of nitrogens with two attached hydrogens (primary N) is 1. The second kappa shape index (κ2) is 12.0. The van der Waals surface area contributed by atoms with E-state index in [4.69, 9.17) is 10.7 Å². The van der Waals surface area contributed by atoms with Gasteiger partial charge >= 0.3 is 12.4 Å². The van der Waals surface area contributed by atoms with Crippen LogP contribution < -0.4 is 10.6 Å². The number of alkyl halides is 6. The van der Waals surface area contributed by atoms with E-state index in [2.05, 4.69) is 10.0 Å². The number of nitrogens with zero attached hydrogens (tertiary/aromatic N) is 5. The van der Waals surface area contributed by atoms with Crippen molar-refractivity contribution < 1.29 is 26.3 Å². The van der Waals surface area contributed by atoms with Crippen LogP contribution in [0.2, 0.25) is 0 Å². The Labute approximate surface area is 235 Å². The molecule has 1 aromatic heterocycles. The third-order valence-corrected chi connectivity index (χ3v) is 7.17. The SMILES string of the molecule is CCN(CC1CCC1)c1nc2ccccc2cc1CN(Cc1cc(C(F)(F)F)cc(C(F)(F)F)c1)/C(N)=N/N(C)C. The number of aromatic nitrogens is 1. The minimum absolute atomic E-state index is 0.0536. The predicted octanol–water partition coefficient (Wildman–Crippen LogP) is 6.69. The van der Waals surface area contributed by atoms with Gasteiger partial charge in [0.1, 0.15) is 5.82 Å². The van der Waals surface area contributed by atoms with Gasteiger partial charge in [0.25, 0.3) is 0 Å². The fourth-order valence-corrected chi connectivity index (χ4v) is 4.91. The standard InChI is InChI=1S/C29H34F6N6/c1-4-40(16-19-8-7-9-19)26-22(14-21-10-5-6-11-25(21)37-26)18-41(27(36)38-39(2)3)17-20-12-23(28(30,31)32)15-24(13-20)29(33,34)35/h5-6,10-15,19H,4,7-9,16-18H2,1-3H3,(H2,36,38). The summed E-state index contributed by atoms with van der Waals surface area (Å²) in [5, 5.41) is 6.49. The van der Waals surface area contributed by atoms with Gasteiger partial charge in [-0.1, -0.05) is 24.6 Å². The number of anilines is 1. The molecule has 0 unspecified atom stereocenters. The van der Waals surface area contributed by atoms with Gasteiger partial charge in [-0.2, -0.15) is 26.3 Å². The number of hydrazone groups is 1. The molecule has 1 fully saturated rings. The first kappa shape index (κ1) is 30.3. The molecule has 0 aliphatic heterocycles. The van der Waals surface area contributed by atoms with E-state index in [0.717, 1.165) is 48.0 Å². The van der Waals surface area contributed by atoms with Crippen LogP contribution in [0.25, 0.3) is 10.9 Å². The second-order valence-corrected chi connectivity index (χ2v) is 10.6. The van der Waals surface area contributed by atoms with Gasteiger partial charge in [0, 0.05) is 51.2 Å². The first-order chi connectivity index (χ1) is 19.2. The van der Waals surface area contributed by atoms with Crippen molar-refractivity contribution in [1.82, 2.24) is 14.9 Å². The molecule has 3 aromatic rings. The summed E-state index contributed by atoms with van der Waals surface area (Å²) in [6.07, 6.45) is -6.47. The average Bonchev–Trinajstić information content (AvgIpc) is 2.86. The molecule has 0 spiro atoms. The molecule has 1 heterocycles. The van der Waals surface area contributed by atoms with E-state index in [0.29, 0.717) is 18.3 Å². The third-order valence-electron chi connectivity index (χ3n) is 7.17. The van der Waals surface area contributed by atoms with E-state index >= 15 is 0 Å². The molecule has 2 aromatic carbocycles. The Hall–Kier alpha value is -3.70. The number of hydrogen-bond acceptors (Lipinski definition) is 4. The Bertz CT molecular complexity index is 1350. The minimum Gasteiger partial charge on any atom is -0.368 e. The maximum Gasteiger partial charge on any atom is 0.416 e. The number of para-hydroxylation sites is 1. The summed E-state index contributed by atoms with van der Waals surface area (Å²) in [6, 6.07) is 11.1. The number of fused-ring (bicyclic) bond motifs is 1. The zero-order valence-electron chi connectivity index (χ0n) is 23.2. The Morgan fingerprint density at radius 1 is 0.951 bits per heavy atom. The van der Waals surface area contributed by atoms with Gasteiger partial charge in [-0.3, -0.25) is 5.01 Å². The lowest BCUT2D eigenvalue weighted by Crippen LogP contribution is -2.39. The molecule has 1 saturated carbocycles. The topological polar surface area (TPSA) is 61.0 Å². The maximum absolute atomic E-state index is 13.6. The van der Waals surface area contributed by atoms with Crippen LogP contribution in [0.1, 0.15) is 48.4 Å². The molecule has 1 aliphatic rings. The lowest BCUT2D eigenvalue weighted by Gasteiger charge is -2.34. The lowest BCUT2D eigenvalue weighted by molar-refractivity contribution is -0.143. The summed E-state index contributed by atoms with van der Waals surface area (Å²) in [7, 11) is 3.25. The zero-order valence-corrected chi connectivity index (χ0v) is 23.2. The molecule has 6 nitrogen and oxygen atoms in total. The summed E-state index contributed by atoms with van der Waals surface area (Å²) < 4.78 is 81.4. The lowest BCUT2D eigenvalue weighted by atomic mass is 9.85. The quantitative estimate of drug-likeness (QED) is 0.132. The number of rotatable bonds is 9. The third kappa shape index (κ3) is 7.53. The number of pyridine rings is 1. The van der Waals surface area contributed by atoms with Crippen LogP contribution in [-0.4, -0.2) is 48.0 Å². The van der Waals surface area contributed by atoms with Gasteiger partial charge in [0.05, 0.1) is 16.6 Å². The first-order valence-corrected chi connectivity index (χ1v) is 13.4. The van der Waals surface area contributed by atoms with E-state index in [9.17, 15) is 26.3 Å². The highest BCUT2D eigenvalue weighted by molar-refractivity contribution is 5.83. The molecular weight excluding hydrogens is 546 g/mol. The van der Waals surface area contributed by atoms with Crippen molar-refractivity contribution in [2.45, 2.75) is 51.6 Å². The van der Waals surface area contributed by atoms with Gasteiger partial charge in [-0.15, -0.1) is 5.10 Å². The highest BCUT2D eigenvalue weighted by Crippen LogP contribution is 2.37. The average molecular weight is 581 g/mol. The van der Waals surface area contributed by atoms with Gasteiger partial charge in [0.2, 0.25) is 5.96 Å². The van der Waals surface area contributed by atoms with Crippen molar-refractivity contribution >= 4 is 22.7 Å². The van der Waals surface area contributed by atoms with Crippen molar-refractivity contribution in [2.24, 2.45) is 16.8 Å². The Balaban J connectivity index is 1.79. The van der Waals surface area contributed by atoms with Crippen LogP contribution in [0.15, 0.2) is 53.6 Å². The number of halogens is 6. The van der Waals surface area contributed by atoms with Gasteiger partial charge < -0.3 is 15.5 Å². The summed E-state index contributed by atoms with van der Waals surface area (Å²) in [5.74, 6) is 1.20. The minimum atomic E-state index is -4.96. The molecule has 12 heteroatoms. The molecule has 222 valence electrons. The fourth-order valence-electron chi connectivity index (χ4n) is 4.91. The highest BCUT2D eigenvalue weighted by Gasteiger charge is 2.37. The largest absolute Gasteiger partial charge is 0.416 e. The zero-order chi connectivity index (χ0) is 29.9. The van der Waals surface area contributed by atoms with E-state index in [-0.39, 0.29) is 30.7 Å². The normalized spacial score (nSPS) is 14.7. The Kier molecular flexibility index (Phi) is 8.89. The number of benzene rings is 2. The van der Waals surface area contributed by atoms with Crippen molar-refractivity contribution in [3.63, 3.8) is 0 Å². The molecule has 2 N–H and O–H groups in total. The molecule has 41 heavy (non-hydrogen) atoms. The van der Waals surface area contributed by atoms with Gasteiger partial charge in [0.15, 0.2) is 0 Å². The summed E-state index contributed by atoms with van der Waals surface area (Å²) in [4.78, 5) is 8.59. The van der Waals surface area contributed by atoms with Crippen molar-refractivity contribution in [3.05, 3.63) is 70.8 Å². The molecule has 0 atom stereocenters. The predicted molar refractivity (Wildman–Crippen MR) is 148 cm³/mol. The fraction of sp³-hybridized carbons (Fsp3) is 0.448. The maximum atomic E-state index is 13.6. The second-order valence-electron chi connectivity index (χ2n) is 10.6. The number of hydrogen-bond donors (Lipinski definition) is 1. The molecule has 0 saturated heterocycles. The monoisotopic (exact) mass is 580 g/mol. The van der Waals surface area contributed by atoms with E-state index in [1.165, 1.54) is 16.3 Å². The van der Waals surface area contributed by atoms with Crippen molar-refractivity contribution in [2.75, 3.05) is 32.1 Å². The molecule has 0 radical (unpaired) electrons. The van der Waals surface area contributed by atoms with Crippen molar-refractivity contribution in [3.8, 4) is 0 Å². The number of guanidine groups is 1. The molecule has 1 aliphatic carbocycles. The first-order valence-electron chi connectivity index (χ1n) is 13.4. The molecule has 0 bridgehead atoms. The van der Waals surface area contributed by atoms with Crippen molar-refractivity contribution in [1.29, 1.82) is 0 Å². The molecule has 4 rings (SSSR count). The Morgan fingerprint density at radius 2 is 1.59 bits per heavy atom. The Morgan fingerprint density at radius 3 is 2.12 bits per heavy atom. The highest BCUT2D eigenvalue weighted by atomic mass is 19.4. The van der Waals surface area contributed by atoms with Crippen LogP contribution in [-0.2, 0) is 25.4 Å². The van der Waals surface area contributed by atoms with E-state index in [1.54, 1.807) is 14.1 Å². The molecule has 0 amide bonds. The smallest absolute Gasteiger partial charge is 0.368 e. The van der Waals surface area contributed by atoms with E-state index in [1.807, 2.05) is 37.3 Å². The van der Waals surface area contributed by atoms with Crippen LogP contribution in [0.5, 0.6) is 0 Å². The van der Waals surface area contributed by atoms with Crippen LogP contribution in [0.3, 0.4) is 0 Å². The van der Waals surface area contributed by atoms with Crippen LogP contribution in [0, 0.1) is 5.92 Å². The molecular formula is C29H34F6N6. The van der Waals surface area contributed by atoms with Crippen LogP contribution >= 0.6 is 0 Å². The van der Waals surface area contributed by atoms with Gasteiger partial charge in [-0.25, -0.2) is 4.98 Å². The van der Waals surface area contributed by atoms with Gasteiger partial charge in [-0.05, 0) is 61.6 Å². The summed E-state index contributed by atoms with van der Waals surface area (Å²) in [6.45, 7) is 3.24. The van der Waals surface area contributed by atoms with Crippen LogP contribution in [0.4, 0.5) is 32.2 Å². The summed E-state index contributed by atoms with van der Waals surface area (Å²) in [5.41, 5.74) is 4.88. The van der Waals surface area contributed by atoms with E-state index < -0.39 is 23.5 Å². The summed E-state index contributed by atoms with van der Waals surface area (Å²) >= 11 is 0.